The Hall–Kier alpha value is -7.55. The normalized spacial score (nSPS) is 11.9. The zero-order valence-electron chi connectivity index (χ0n) is 30.2. The molecule has 0 aliphatic rings. The minimum Gasteiger partial charge on any atom is -0.455 e. The third-order valence-electron chi connectivity index (χ3n) is 10.7. The number of furan rings is 1. The molecule has 0 saturated heterocycles. The van der Waals surface area contributed by atoms with Crippen LogP contribution in [-0.4, -0.2) is 29.5 Å². The van der Waals surface area contributed by atoms with Crippen molar-refractivity contribution in [2.75, 3.05) is 0 Å². The van der Waals surface area contributed by atoms with Crippen LogP contribution in [0.1, 0.15) is 0 Å². The minimum atomic E-state index is 0.461. The van der Waals surface area contributed by atoms with Gasteiger partial charge in [-0.15, -0.1) is 11.3 Å². The van der Waals surface area contributed by atoms with Crippen LogP contribution in [0.5, 0.6) is 0 Å². The molecular weight excluding hydrogens is 721 g/mol. The van der Waals surface area contributed by atoms with Crippen LogP contribution >= 0.6 is 11.3 Å². The molecule has 0 fully saturated rings. The molecule has 0 atom stereocenters. The Morgan fingerprint density at radius 3 is 1.93 bits per heavy atom. The van der Waals surface area contributed by atoms with Gasteiger partial charge in [0.05, 0.1) is 26.8 Å². The van der Waals surface area contributed by atoms with Gasteiger partial charge in [0.2, 0.25) is 0 Å². The lowest BCUT2D eigenvalue weighted by Crippen LogP contribution is -2.03. The Balaban J connectivity index is 1.18. The molecule has 7 nitrogen and oxygen atoms in total. The summed E-state index contributed by atoms with van der Waals surface area (Å²) in [5, 5.41) is 5.39. The molecule has 8 heteroatoms. The fourth-order valence-electron chi connectivity index (χ4n) is 8.15. The van der Waals surface area contributed by atoms with Crippen molar-refractivity contribution in [2.45, 2.75) is 0 Å². The van der Waals surface area contributed by atoms with E-state index in [1.807, 2.05) is 66.7 Å². The molecule has 266 valence electrons. The Labute approximate surface area is 329 Å². The van der Waals surface area contributed by atoms with Crippen molar-refractivity contribution >= 4 is 75.4 Å². The zero-order valence-corrected chi connectivity index (χ0v) is 31.0. The van der Waals surface area contributed by atoms with Crippen LogP contribution in [-0.2, 0) is 0 Å². The molecule has 0 spiro atoms. The first-order valence-electron chi connectivity index (χ1n) is 18.8. The summed E-state index contributed by atoms with van der Waals surface area (Å²) in [6.45, 7) is 0. The van der Waals surface area contributed by atoms with Crippen LogP contribution in [0, 0.1) is 0 Å². The standard InChI is InChI=1S/C49H28N6OS/c1-3-15-29(16-4-1)46-52-48(37-25-14-23-34-32-20-8-11-27-39(32)56-44(34)37)54-49(53-46)42-45-41(35-21-9-12-28-40(35)57-45)50-47(51-42)36-24-13-22-33-31-19-7-10-26-38(31)55(43(33)36)30-17-5-2-6-18-30/h1-28H. The first-order chi connectivity index (χ1) is 28.3. The molecule has 57 heavy (non-hydrogen) atoms. The predicted molar refractivity (Wildman–Crippen MR) is 232 cm³/mol. The minimum absolute atomic E-state index is 0.461. The van der Waals surface area contributed by atoms with Crippen molar-refractivity contribution in [1.82, 2.24) is 29.5 Å². The first kappa shape index (κ1) is 31.8. The molecular formula is C49H28N6OS. The highest BCUT2D eigenvalue weighted by Gasteiger charge is 2.24. The van der Waals surface area contributed by atoms with E-state index in [4.69, 9.17) is 29.3 Å². The number of benzene rings is 7. The van der Waals surface area contributed by atoms with Crippen molar-refractivity contribution in [3.63, 3.8) is 0 Å². The van der Waals surface area contributed by atoms with Crippen molar-refractivity contribution in [2.24, 2.45) is 0 Å². The third-order valence-corrected chi connectivity index (χ3v) is 11.9. The quantitative estimate of drug-likeness (QED) is 0.174. The average Bonchev–Trinajstić information content (AvgIpc) is 3.96. The third kappa shape index (κ3) is 4.94. The van der Waals surface area contributed by atoms with E-state index >= 15 is 0 Å². The lowest BCUT2D eigenvalue weighted by atomic mass is 10.1. The van der Waals surface area contributed by atoms with E-state index in [9.17, 15) is 0 Å². The van der Waals surface area contributed by atoms with E-state index < -0.39 is 0 Å². The molecule has 12 rings (SSSR count). The molecule has 0 radical (unpaired) electrons. The summed E-state index contributed by atoms with van der Waals surface area (Å²) in [6, 6.07) is 58.1. The second-order valence-electron chi connectivity index (χ2n) is 14.0. The maximum atomic E-state index is 6.50. The molecule has 0 bridgehead atoms. The van der Waals surface area contributed by atoms with Crippen LogP contribution < -0.4 is 0 Å². The van der Waals surface area contributed by atoms with Gasteiger partial charge >= 0.3 is 0 Å². The smallest absolute Gasteiger partial charge is 0.184 e. The molecule has 0 saturated carbocycles. The largest absolute Gasteiger partial charge is 0.455 e. The van der Waals surface area contributed by atoms with Crippen LogP contribution in [0.2, 0.25) is 0 Å². The Bertz CT molecular complexity index is 3530. The lowest BCUT2D eigenvalue weighted by Gasteiger charge is -2.12. The summed E-state index contributed by atoms with van der Waals surface area (Å²) in [5.74, 6) is 2.10. The van der Waals surface area contributed by atoms with Crippen molar-refractivity contribution < 1.29 is 4.42 Å². The Morgan fingerprint density at radius 2 is 1.07 bits per heavy atom. The number of fused-ring (bicyclic) bond motifs is 9. The van der Waals surface area contributed by atoms with Gasteiger partial charge in [-0.2, -0.15) is 0 Å². The molecule has 5 aromatic heterocycles. The summed E-state index contributed by atoms with van der Waals surface area (Å²) < 4.78 is 10.8. The van der Waals surface area contributed by atoms with E-state index in [1.54, 1.807) is 11.3 Å². The zero-order chi connectivity index (χ0) is 37.5. The number of hydrogen-bond donors (Lipinski definition) is 0. The maximum absolute atomic E-state index is 6.50. The van der Waals surface area contributed by atoms with Gasteiger partial charge in [0.1, 0.15) is 16.9 Å². The van der Waals surface area contributed by atoms with Gasteiger partial charge in [-0.05, 0) is 42.5 Å². The maximum Gasteiger partial charge on any atom is 0.184 e. The average molecular weight is 749 g/mol. The molecule has 0 amide bonds. The van der Waals surface area contributed by atoms with E-state index in [2.05, 4.69) is 108 Å². The van der Waals surface area contributed by atoms with Crippen LogP contribution in [0.15, 0.2) is 174 Å². The predicted octanol–water partition coefficient (Wildman–Crippen LogP) is 12.7. The molecule has 0 aliphatic heterocycles. The van der Waals surface area contributed by atoms with Gasteiger partial charge < -0.3 is 8.98 Å². The number of para-hydroxylation sites is 5. The first-order valence-corrected chi connectivity index (χ1v) is 19.6. The molecule has 0 N–H and O–H groups in total. The molecule has 0 unspecified atom stereocenters. The van der Waals surface area contributed by atoms with E-state index in [1.165, 1.54) is 0 Å². The van der Waals surface area contributed by atoms with Gasteiger partial charge in [-0.1, -0.05) is 127 Å². The van der Waals surface area contributed by atoms with Crippen LogP contribution in [0.4, 0.5) is 0 Å². The number of aromatic nitrogens is 6. The van der Waals surface area contributed by atoms with Gasteiger partial charge in [-0.3, -0.25) is 0 Å². The number of nitrogens with zero attached hydrogens (tertiary/aromatic N) is 6. The highest BCUT2D eigenvalue weighted by molar-refractivity contribution is 7.26. The molecule has 5 heterocycles. The number of rotatable bonds is 5. The second kappa shape index (κ2) is 12.5. The fraction of sp³-hybridized carbons (Fsp3) is 0. The summed E-state index contributed by atoms with van der Waals surface area (Å²) >= 11 is 1.65. The van der Waals surface area contributed by atoms with Crippen molar-refractivity contribution in [3.05, 3.63) is 170 Å². The summed E-state index contributed by atoms with van der Waals surface area (Å²) in [7, 11) is 0. The van der Waals surface area contributed by atoms with Crippen molar-refractivity contribution in [1.29, 1.82) is 0 Å². The fourth-order valence-corrected chi connectivity index (χ4v) is 9.28. The van der Waals surface area contributed by atoms with Crippen molar-refractivity contribution in [3.8, 4) is 51.4 Å². The number of hydrogen-bond acceptors (Lipinski definition) is 7. The Morgan fingerprint density at radius 1 is 0.439 bits per heavy atom. The highest BCUT2D eigenvalue weighted by Crippen LogP contribution is 2.43. The van der Waals surface area contributed by atoms with E-state index in [0.717, 1.165) is 86.4 Å². The molecule has 12 aromatic rings. The summed E-state index contributed by atoms with van der Waals surface area (Å²) in [5.41, 5.74) is 8.82. The van der Waals surface area contributed by atoms with Gasteiger partial charge in [0, 0.05) is 48.4 Å². The van der Waals surface area contributed by atoms with Gasteiger partial charge in [0.15, 0.2) is 23.3 Å². The second-order valence-corrected chi connectivity index (χ2v) is 15.1. The highest BCUT2D eigenvalue weighted by atomic mass is 32.1. The molecule has 7 aromatic carbocycles. The van der Waals surface area contributed by atoms with Crippen LogP contribution in [0.25, 0.3) is 115 Å². The number of thiophene rings is 1. The monoisotopic (exact) mass is 748 g/mol. The van der Waals surface area contributed by atoms with Gasteiger partial charge in [0.25, 0.3) is 0 Å². The van der Waals surface area contributed by atoms with E-state index in [0.29, 0.717) is 29.0 Å². The Kier molecular flexibility index (Phi) is 6.96. The van der Waals surface area contributed by atoms with Crippen LogP contribution in [0.3, 0.4) is 0 Å². The SMILES string of the molecule is c1ccc(-c2nc(-c3cccc4c3oc3ccccc34)nc(-c3nc(-c4cccc5c6ccccc6n(-c6ccccc6)c45)nc4c3sc3ccccc34)n2)cc1. The van der Waals surface area contributed by atoms with Gasteiger partial charge in [-0.25, -0.2) is 24.9 Å². The lowest BCUT2D eigenvalue weighted by molar-refractivity contribution is 0.669. The topological polar surface area (TPSA) is 82.5 Å². The molecule has 0 aliphatic carbocycles. The van der Waals surface area contributed by atoms with E-state index in [-0.39, 0.29) is 0 Å². The summed E-state index contributed by atoms with van der Waals surface area (Å²) in [4.78, 5) is 26.4. The summed E-state index contributed by atoms with van der Waals surface area (Å²) in [6.07, 6.45) is 0.